The fourth-order valence-corrected chi connectivity index (χ4v) is 2.93. The topological polar surface area (TPSA) is 96.3 Å². The largest absolute Gasteiger partial charge is 0.465 e. The minimum Gasteiger partial charge on any atom is -0.465 e. The van der Waals surface area contributed by atoms with Crippen LogP contribution < -0.4 is 10.6 Å². The summed E-state index contributed by atoms with van der Waals surface area (Å²) in [5.74, 6) is 0. The van der Waals surface area contributed by atoms with Crippen molar-refractivity contribution >= 4 is 40.2 Å². The molecule has 0 radical (unpaired) electrons. The Kier molecular flexibility index (Phi) is 3.75. The van der Waals surface area contributed by atoms with Crippen LogP contribution in [-0.2, 0) is 6.54 Å². The third-order valence-corrected chi connectivity index (χ3v) is 3.92. The second kappa shape index (κ2) is 5.86. The molecule has 0 saturated heterocycles. The molecule has 3 N–H and O–H groups in total. The first-order valence-electron chi connectivity index (χ1n) is 6.40. The van der Waals surface area contributed by atoms with Crippen LogP contribution in [-0.4, -0.2) is 26.8 Å². The Morgan fingerprint density at radius 2 is 2.23 bits per heavy atom. The van der Waals surface area contributed by atoms with E-state index < -0.39 is 12.1 Å². The van der Waals surface area contributed by atoms with Crippen molar-refractivity contribution < 1.29 is 14.7 Å². The van der Waals surface area contributed by atoms with Crippen LogP contribution in [0.15, 0.2) is 42.0 Å². The molecule has 8 heteroatoms. The maximum absolute atomic E-state index is 11.3. The molecule has 3 rings (SSSR count). The van der Waals surface area contributed by atoms with Gasteiger partial charge >= 0.3 is 12.1 Å². The van der Waals surface area contributed by atoms with Crippen molar-refractivity contribution in [3.63, 3.8) is 0 Å². The maximum Gasteiger partial charge on any atom is 0.412 e. The Morgan fingerprint density at radius 1 is 1.36 bits per heavy atom. The average Bonchev–Trinajstić information content (AvgIpc) is 3.06. The zero-order valence-corrected chi connectivity index (χ0v) is 12.1. The lowest BCUT2D eigenvalue weighted by molar-refractivity contribution is 0.194. The van der Waals surface area contributed by atoms with Gasteiger partial charge in [0, 0.05) is 22.7 Å². The van der Waals surface area contributed by atoms with Crippen molar-refractivity contribution in [1.29, 1.82) is 0 Å². The number of nitrogens with one attached hydrogen (secondary N) is 2. The van der Waals surface area contributed by atoms with Crippen molar-refractivity contribution in [3.8, 4) is 0 Å². The Labute approximate surface area is 129 Å². The van der Waals surface area contributed by atoms with Gasteiger partial charge in [0.2, 0.25) is 0 Å². The molecule has 0 aliphatic carbocycles. The average molecular weight is 316 g/mol. The molecule has 3 amide bonds. The van der Waals surface area contributed by atoms with Crippen LogP contribution in [0, 0.1) is 0 Å². The number of aromatic nitrogens is 2. The smallest absolute Gasteiger partial charge is 0.412 e. The number of carbonyl (C=O) groups is 2. The van der Waals surface area contributed by atoms with Crippen molar-refractivity contribution in [2.75, 3.05) is 5.32 Å². The highest BCUT2D eigenvalue weighted by Crippen LogP contribution is 2.22. The number of thiophene rings is 1. The number of pyridine rings is 1. The number of carbonyl (C=O) groups excluding carboxylic acids is 1. The summed E-state index contributed by atoms with van der Waals surface area (Å²) in [6.45, 7) is 0.655. The quantitative estimate of drug-likeness (QED) is 0.692. The molecule has 0 bridgehead atoms. The van der Waals surface area contributed by atoms with Crippen molar-refractivity contribution in [2.45, 2.75) is 6.54 Å². The van der Waals surface area contributed by atoms with Crippen LogP contribution in [0.2, 0.25) is 0 Å². The van der Waals surface area contributed by atoms with E-state index in [0.717, 1.165) is 15.9 Å². The van der Waals surface area contributed by atoms with E-state index in [9.17, 15) is 9.59 Å². The van der Waals surface area contributed by atoms with Gasteiger partial charge in [-0.25, -0.2) is 14.9 Å². The Morgan fingerprint density at radius 3 is 3.05 bits per heavy atom. The monoisotopic (exact) mass is 316 g/mol. The van der Waals surface area contributed by atoms with E-state index >= 15 is 0 Å². The van der Waals surface area contributed by atoms with Gasteiger partial charge in [0.05, 0.1) is 23.3 Å². The molecule has 3 aromatic rings. The predicted molar refractivity (Wildman–Crippen MR) is 83.3 cm³/mol. The first-order chi connectivity index (χ1) is 10.6. The van der Waals surface area contributed by atoms with Crippen molar-refractivity contribution in [2.24, 2.45) is 0 Å². The molecule has 3 aromatic heterocycles. The molecule has 0 aromatic carbocycles. The van der Waals surface area contributed by atoms with Gasteiger partial charge in [0.25, 0.3) is 0 Å². The number of rotatable bonds is 3. The molecule has 0 aliphatic heterocycles. The molecular formula is C14H12N4O3S. The van der Waals surface area contributed by atoms with Crippen LogP contribution in [0.4, 0.5) is 15.3 Å². The van der Waals surface area contributed by atoms with Crippen LogP contribution >= 0.6 is 11.3 Å². The number of urea groups is 1. The molecule has 3 heterocycles. The first kappa shape index (κ1) is 14.1. The second-order valence-corrected chi connectivity index (χ2v) is 5.53. The minimum absolute atomic E-state index is 0.563. The summed E-state index contributed by atoms with van der Waals surface area (Å²) < 4.78 is 2.06. The third-order valence-electron chi connectivity index (χ3n) is 3.00. The van der Waals surface area contributed by atoms with Crippen molar-refractivity contribution in [1.82, 2.24) is 14.9 Å². The standard InChI is InChI=1S/C14H12N4O3S/c19-13(17-14(20)21)16-9-6-10(22-8-9)7-18-5-3-11-12(18)2-1-4-15-11/h1-6,8H,7H2,(H,20,21)(H2,16,17,19). The van der Waals surface area contributed by atoms with Crippen LogP contribution in [0.25, 0.3) is 11.0 Å². The van der Waals surface area contributed by atoms with Crippen LogP contribution in [0.1, 0.15) is 4.88 Å². The van der Waals surface area contributed by atoms with E-state index in [1.807, 2.05) is 30.5 Å². The summed E-state index contributed by atoms with van der Waals surface area (Å²) in [6, 6.07) is 6.87. The number of hydrogen-bond acceptors (Lipinski definition) is 4. The van der Waals surface area contributed by atoms with E-state index in [4.69, 9.17) is 5.11 Å². The van der Waals surface area contributed by atoms with Gasteiger partial charge in [0.1, 0.15) is 0 Å². The fourth-order valence-electron chi connectivity index (χ4n) is 2.12. The summed E-state index contributed by atoms with van der Waals surface area (Å²) in [6.07, 6.45) is 2.32. The summed E-state index contributed by atoms with van der Waals surface area (Å²) in [5.41, 5.74) is 2.53. The Bertz CT molecular complexity index is 839. The number of fused-ring (bicyclic) bond motifs is 1. The van der Waals surface area contributed by atoms with Crippen LogP contribution in [0.3, 0.4) is 0 Å². The van der Waals surface area contributed by atoms with Gasteiger partial charge in [-0.05, 0) is 24.3 Å². The summed E-state index contributed by atoms with van der Waals surface area (Å²) >= 11 is 1.49. The van der Waals surface area contributed by atoms with E-state index in [0.29, 0.717) is 12.2 Å². The SMILES string of the molecule is O=C(O)NC(=O)Nc1csc(Cn2ccc3ncccc32)c1. The summed E-state index contributed by atoms with van der Waals surface area (Å²) in [7, 11) is 0. The number of hydrogen-bond donors (Lipinski definition) is 3. The molecule has 0 atom stereocenters. The fraction of sp³-hybridized carbons (Fsp3) is 0.0714. The molecule has 0 unspecified atom stereocenters. The normalized spacial score (nSPS) is 10.5. The molecule has 0 aliphatic rings. The van der Waals surface area contributed by atoms with Gasteiger partial charge in [-0.3, -0.25) is 4.98 Å². The molecule has 0 spiro atoms. The highest BCUT2D eigenvalue weighted by molar-refractivity contribution is 7.10. The minimum atomic E-state index is -1.39. The molecule has 0 saturated carbocycles. The summed E-state index contributed by atoms with van der Waals surface area (Å²) in [5, 5.41) is 14.4. The molecule has 7 nitrogen and oxygen atoms in total. The lowest BCUT2D eigenvalue weighted by atomic mass is 10.4. The van der Waals surface area contributed by atoms with Gasteiger partial charge in [-0.1, -0.05) is 0 Å². The zero-order valence-electron chi connectivity index (χ0n) is 11.3. The van der Waals surface area contributed by atoms with Gasteiger partial charge < -0.3 is 15.0 Å². The maximum atomic E-state index is 11.3. The van der Waals surface area contributed by atoms with Crippen molar-refractivity contribution in [3.05, 3.63) is 46.9 Å². The Balaban J connectivity index is 1.72. The highest BCUT2D eigenvalue weighted by Gasteiger charge is 2.08. The number of amides is 3. The van der Waals surface area contributed by atoms with Gasteiger partial charge in [-0.2, -0.15) is 0 Å². The lowest BCUT2D eigenvalue weighted by Gasteiger charge is -2.03. The Hall–Kier alpha value is -2.87. The second-order valence-electron chi connectivity index (χ2n) is 4.54. The molecule has 112 valence electrons. The van der Waals surface area contributed by atoms with Crippen LogP contribution in [0.5, 0.6) is 0 Å². The van der Waals surface area contributed by atoms with E-state index in [2.05, 4.69) is 14.9 Å². The van der Waals surface area contributed by atoms with E-state index in [1.54, 1.807) is 16.9 Å². The first-order valence-corrected chi connectivity index (χ1v) is 7.28. The van der Waals surface area contributed by atoms with Gasteiger partial charge in [0.15, 0.2) is 0 Å². The number of imide groups is 1. The molecule has 22 heavy (non-hydrogen) atoms. The lowest BCUT2D eigenvalue weighted by Crippen LogP contribution is -2.32. The summed E-state index contributed by atoms with van der Waals surface area (Å²) in [4.78, 5) is 27.0. The number of carboxylic acid groups (broad SMARTS) is 1. The molecule has 0 fully saturated rings. The van der Waals surface area contributed by atoms with E-state index in [-0.39, 0.29) is 0 Å². The number of anilines is 1. The van der Waals surface area contributed by atoms with Gasteiger partial charge in [-0.15, -0.1) is 11.3 Å². The number of nitrogens with zero attached hydrogens (tertiary/aromatic N) is 2. The predicted octanol–water partition coefficient (Wildman–Crippen LogP) is 2.95. The van der Waals surface area contributed by atoms with E-state index in [1.165, 1.54) is 11.3 Å². The molecular weight excluding hydrogens is 304 g/mol. The zero-order chi connectivity index (χ0) is 15.5. The third kappa shape index (κ3) is 3.07. The highest BCUT2D eigenvalue weighted by atomic mass is 32.1.